The molecule has 0 aromatic heterocycles. The molecule has 40 heavy (non-hydrogen) atoms. The first kappa shape index (κ1) is 28.9. The van der Waals surface area contributed by atoms with Crippen LogP contribution in [0.5, 0.6) is 0 Å². The standard InChI is InChI=1S/C30H33F2N5O3/c1-3-25-26(19(2)38)27(23-10-9-21(31)17-24(23)32)37(29(40)36-25)28(39)35-16-15-34-22-11-13-30(18-33,14-12-22)20-7-5-4-6-8-20/h4-10,17,22,27,34H,3,11-16H2,1-2H3,(H,35,39)(H,36,40). The van der Waals surface area contributed by atoms with Gasteiger partial charge in [0.2, 0.25) is 0 Å². The van der Waals surface area contributed by atoms with Crippen LogP contribution in [0.15, 0.2) is 59.8 Å². The highest BCUT2D eigenvalue weighted by atomic mass is 19.1. The Balaban J connectivity index is 1.41. The number of hydrogen-bond acceptors (Lipinski definition) is 5. The molecule has 1 heterocycles. The maximum atomic E-state index is 14.9. The molecular formula is C30H33F2N5O3. The third kappa shape index (κ3) is 5.89. The van der Waals surface area contributed by atoms with Crippen molar-refractivity contribution in [3.8, 4) is 6.07 Å². The van der Waals surface area contributed by atoms with Crippen LogP contribution in [0.4, 0.5) is 18.4 Å². The van der Waals surface area contributed by atoms with Crippen LogP contribution in [-0.2, 0) is 10.2 Å². The van der Waals surface area contributed by atoms with Crippen molar-refractivity contribution >= 4 is 17.8 Å². The number of allylic oxidation sites excluding steroid dienone is 1. The molecule has 1 aliphatic carbocycles. The smallest absolute Gasteiger partial charge is 0.330 e. The number of rotatable bonds is 8. The van der Waals surface area contributed by atoms with Crippen molar-refractivity contribution < 1.29 is 23.2 Å². The molecule has 1 saturated carbocycles. The van der Waals surface area contributed by atoms with Crippen LogP contribution in [0.1, 0.15) is 63.1 Å². The van der Waals surface area contributed by atoms with Gasteiger partial charge in [-0.15, -0.1) is 0 Å². The van der Waals surface area contributed by atoms with Gasteiger partial charge in [-0.3, -0.25) is 4.79 Å². The van der Waals surface area contributed by atoms with Crippen LogP contribution in [-0.4, -0.2) is 41.9 Å². The lowest BCUT2D eigenvalue weighted by Crippen LogP contribution is -2.55. The summed E-state index contributed by atoms with van der Waals surface area (Å²) in [5, 5.41) is 18.6. The van der Waals surface area contributed by atoms with Gasteiger partial charge in [-0.05, 0) is 50.7 Å². The summed E-state index contributed by atoms with van der Waals surface area (Å²) in [5.74, 6) is -2.22. The Morgan fingerprint density at radius 1 is 1.12 bits per heavy atom. The molecule has 2 aromatic carbocycles. The minimum absolute atomic E-state index is 0.0717. The molecule has 0 radical (unpaired) electrons. The number of imide groups is 1. The van der Waals surface area contributed by atoms with E-state index in [9.17, 15) is 28.4 Å². The topological polar surface area (TPSA) is 114 Å². The van der Waals surface area contributed by atoms with E-state index in [0.717, 1.165) is 48.3 Å². The molecule has 4 rings (SSSR count). The molecule has 2 aliphatic rings. The quantitative estimate of drug-likeness (QED) is 0.402. The van der Waals surface area contributed by atoms with Crippen molar-refractivity contribution in [2.75, 3.05) is 13.1 Å². The molecule has 4 amide bonds. The van der Waals surface area contributed by atoms with Gasteiger partial charge >= 0.3 is 12.1 Å². The summed E-state index contributed by atoms with van der Waals surface area (Å²) in [7, 11) is 0. The number of hydrogen-bond donors (Lipinski definition) is 3. The van der Waals surface area contributed by atoms with E-state index in [1.165, 1.54) is 6.92 Å². The number of nitrogens with zero attached hydrogens (tertiary/aromatic N) is 2. The van der Waals surface area contributed by atoms with Crippen LogP contribution in [0, 0.1) is 23.0 Å². The fraction of sp³-hybridized carbons (Fsp3) is 0.400. The predicted octanol–water partition coefficient (Wildman–Crippen LogP) is 4.99. The van der Waals surface area contributed by atoms with Crippen molar-refractivity contribution in [3.63, 3.8) is 0 Å². The minimum atomic E-state index is -1.34. The van der Waals surface area contributed by atoms with Crippen LogP contribution < -0.4 is 16.0 Å². The molecule has 1 unspecified atom stereocenters. The first-order valence-corrected chi connectivity index (χ1v) is 13.5. The normalized spacial score (nSPS) is 22.9. The molecule has 1 atom stereocenters. The number of amides is 4. The predicted molar refractivity (Wildman–Crippen MR) is 145 cm³/mol. The second-order valence-electron chi connectivity index (χ2n) is 10.2. The van der Waals surface area contributed by atoms with E-state index in [2.05, 4.69) is 22.0 Å². The number of carbonyl (C=O) groups is 3. The van der Waals surface area contributed by atoms with E-state index in [1.54, 1.807) is 6.92 Å². The summed E-state index contributed by atoms with van der Waals surface area (Å²) in [6.45, 7) is 3.57. The lowest BCUT2D eigenvalue weighted by Gasteiger charge is -2.37. The Bertz CT molecular complexity index is 1350. The number of urea groups is 2. The highest BCUT2D eigenvalue weighted by Gasteiger charge is 2.42. The van der Waals surface area contributed by atoms with E-state index < -0.39 is 40.9 Å². The summed E-state index contributed by atoms with van der Waals surface area (Å²) in [6.07, 6.45) is 3.30. The average Bonchev–Trinajstić information content (AvgIpc) is 2.95. The number of nitriles is 1. The zero-order valence-electron chi connectivity index (χ0n) is 22.6. The number of carbonyl (C=O) groups excluding carboxylic acids is 3. The van der Waals surface area contributed by atoms with Crippen LogP contribution in [0.2, 0.25) is 0 Å². The summed E-state index contributed by atoms with van der Waals surface area (Å²) in [6, 6.07) is 12.4. The Morgan fingerprint density at radius 3 is 2.42 bits per heavy atom. The van der Waals surface area contributed by atoms with Gasteiger partial charge in [0.15, 0.2) is 5.78 Å². The molecule has 3 N–H and O–H groups in total. The number of nitrogens with one attached hydrogen (secondary N) is 3. The number of Topliss-reactive ketones (excluding diaryl/α,β-unsaturated/α-hetero) is 1. The Hall–Kier alpha value is -4.10. The van der Waals surface area contributed by atoms with Gasteiger partial charge in [-0.25, -0.2) is 23.3 Å². The van der Waals surface area contributed by atoms with Gasteiger partial charge in [0.25, 0.3) is 0 Å². The van der Waals surface area contributed by atoms with E-state index in [-0.39, 0.29) is 35.8 Å². The summed E-state index contributed by atoms with van der Waals surface area (Å²) in [5.41, 5.74) is 0.738. The monoisotopic (exact) mass is 549 g/mol. The van der Waals surface area contributed by atoms with Gasteiger partial charge in [-0.1, -0.05) is 43.3 Å². The van der Waals surface area contributed by atoms with Gasteiger partial charge in [0.05, 0.1) is 11.5 Å². The van der Waals surface area contributed by atoms with Gasteiger partial charge in [0.1, 0.15) is 17.7 Å². The maximum absolute atomic E-state index is 14.9. The Kier molecular flexibility index (Phi) is 8.95. The minimum Gasteiger partial charge on any atom is -0.336 e. The lowest BCUT2D eigenvalue weighted by molar-refractivity contribution is -0.114. The van der Waals surface area contributed by atoms with E-state index in [4.69, 9.17) is 0 Å². The van der Waals surface area contributed by atoms with Crippen LogP contribution in [0.25, 0.3) is 0 Å². The van der Waals surface area contributed by atoms with Gasteiger partial charge in [0, 0.05) is 42.0 Å². The van der Waals surface area contributed by atoms with Gasteiger partial charge < -0.3 is 16.0 Å². The molecule has 0 spiro atoms. The number of halogens is 2. The van der Waals surface area contributed by atoms with E-state index >= 15 is 0 Å². The SMILES string of the molecule is CCC1=C(C(C)=O)C(c2ccc(F)cc2F)N(C(=O)NCCNC2CCC(C#N)(c3ccccc3)CC2)C(=O)N1. The first-order chi connectivity index (χ1) is 19.2. The van der Waals surface area contributed by atoms with Crippen LogP contribution in [0.3, 0.4) is 0 Å². The zero-order valence-corrected chi connectivity index (χ0v) is 22.6. The Morgan fingerprint density at radius 2 is 1.82 bits per heavy atom. The Labute approximate surface area is 232 Å². The second-order valence-corrected chi connectivity index (χ2v) is 10.2. The fourth-order valence-corrected chi connectivity index (χ4v) is 5.65. The zero-order chi connectivity index (χ0) is 28.9. The lowest BCUT2D eigenvalue weighted by atomic mass is 9.69. The highest BCUT2D eigenvalue weighted by Crippen LogP contribution is 2.39. The fourth-order valence-electron chi connectivity index (χ4n) is 5.65. The van der Waals surface area contributed by atoms with Gasteiger partial charge in [-0.2, -0.15) is 5.26 Å². The average molecular weight is 550 g/mol. The van der Waals surface area contributed by atoms with E-state index in [1.807, 2.05) is 30.3 Å². The van der Waals surface area contributed by atoms with Crippen molar-refractivity contribution in [3.05, 3.63) is 82.6 Å². The summed E-state index contributed by atoms with van der Waals surface area (Å²) in [4.78, 5) is 39.6. The van der Waals surface area contributed by atoms with E-state index in [0.29, 0.717) is 12.6 Å². The van der Waals surface area contributed by atoms with Crippen molar-refractivity contribution in [1.82, 2.24) is 20.9 Å². The van der Waals surface area contributed by atoms with Crippen molar-refractivity contribution in [2.24, 2.45) is 0 Å². The molecule has 8 nitrogen and oxygen atoms in total. The van der Waals surface area contributed by atoms with Crippen molar-refractivity contribution in [2.45, 2.75) is 63.5 Å². The number of benzene rings is 2. The third-order valence-electron chi connectivity index (χ3n) is 7.76. The molecule has 0 bridgehead atoms. The first-order valence-electron chi connectivity index (χ1n) is 13.5. The molecule has 0 saturated heterocycles. The summed E-state index contributed by atoms with van der Waals surface area (Å²) >= 11 is 0. The molecule has 210 valence electrons. The molecule has 1 fully saturated rings. The summed E-state index contributed by atoms with van der Waals surface area (Å²) < 4.78 is 28.5. The molecule has 1 aliphatic heterocycles. The van der Waals surface area contributed by atoms with Crippen molar-refractivity contribution in [1.29, 1.82) is 5.26 Å². The largest absolute Gasteiger partial charge is 0.336 e. The molecule has 2 aromatic rings. The molecule has 10 heteroatoms. The van der Waals surface area contributed by atoms with Crippen LogP contribution >= 0.6 is 0 Å². The highest BCUT2D eigenvalue weighted by molar-refractivity contribution is 6.03. The third-order valence-corrected chi connectivity index (χ3v) is 7.76. The maximum Gasteiger partial charge on any atom is 0.330 e. The second kappa shape index (κ2) is 12.4. The number of ketones is 1. The molecular weight excluding hydrogens is 516 g/mol.